The molecule has 3 aromatic rings. The zero-order chi connectivity index (χ0) is 24.0. The van der Waals surface area contributed by atoms with Gasteiger partial charge in [0.25, 0.3) is 5.91 Å². The van der Waals surface area contributed by atoms with Gasteiger partial charge in [0.15, 0.2) is 0 Å². The first kappa shape index (κ1) is 24.9. The summed E-state index contributed by atoms with van der Waals surface area (Å²) >= 11 is 12.1. The predicted octanol–water partition coefficient (Wildman–Crippen LogP) is 4.78. The molecular weight excluding hydrogens is 488 g/mol. The second-order valence-electron chi connectivity index (χ2n) is 7.11. The van der Waals surface area contributed by atoms with Crippen LogP contribution in [0.3, 0.4) is 0 Å². The van der Waals surface area contributed by atoms with E-state index >= 15 is 0 Å². The van der Waals surface area contributed by atoms with Gasteiger partial charge in [-0.15, -0.1) is 0 Å². The van der Waals surface area contributed by atoms with Gasteiger partial charge in [0.05, 0.1) is 27.7 Å². The molecule has 0 saturated carbocycles. The van der Waals surface area contributed by atoms with Crippen molar-refractivity contribution in [1.29, 1.82) is 0 Å². The van der Waals surface area contributed by atoms with Crippen LogP contribution in [0.2, 0.25) is 10.0 Å². The minimum absolute atomic E-state index is 0.0106. The van der Waals surface area contributed by atoms with Gasteiger partial charge >= 0.3 is 0 Å². The molecule has 0 saturated heterocycles. The molecule has 0 unspecified atom stereocenters. The molecule has 1 N–H and O–H groups in total. The molecule has 6 nitrogen and oxygen atoms in total. The topological polar surface area (TPSA) is 78.8 Å². The molecule has 0 fully saturated rings. The Morgan fingerprint density at radius 1 is 1.03 bits per heavy atom. The number of carbonyl (C=O) groups excluding carboxylic acids is 1. The Balaban J connectivity index is 1.83. The maximum absolute atomic E-state index is 14.2. The first-order valence-electron chi connectivity index (χ1n) is 9.74. The molecule has 0 aliphatic rings. The van der Waals surface area contributed by atoms with E-state index in [0.717, 1.165) is 9.87 Å². The molecule has 0 radical (unpaired) electrons. The van der Waals surface area contributed by atoms with Crippen LogP contribution in [-0.4, -0.2) is 31.4 Å². The first-order chi connectivity index (χ1) is 15.7. The number of sulfonamides is 1. The third-order valence-corrected chi connectivity index (χ3v) is 7.13. The van der Waals surface area contributed by atoms with Crippen LogP contribution in [-0.2, 0) is 21.4 Å². The fourth-order valence-corrected chi connectivity index (χ4v) is 4.77. The number of halogens is 3. The number of rotatable bonds is 8. The summed E-state index contributed by atoms with van der Waals surface area (Å²) in [5, 5.41) is 4.49. The summed E-state index contributed by atoms with van der Waals surface area (Å²) in [5.74, 6) is -1.30. The molecule has 0 bridgehead atoms. The van der Waals surface area contributed by atoms with E-state index < -0.39 is 28.3 Å². The van der Waals surface area contributed by atoms with Crippen molar-refractivity contribution >= 4 is 45.3 Å². The van der Waals surface area contributed by atoms with Crippen molar-refractivity contribution in [2.24, 2.45) is 5.10 Å². The minimum Gasteiger partial charge on any atom is -0.272 e. The van der Waals surface area contributed by atoms with Gasteiger partial charge in [-0.25, -0.2) is 18.2 Å². The fourth-order valence-electron chi connectivity index (χ4n) is 2.90. The Labute approximate surface area is 201 Å². The van der Waals surface area contributed by atoms with Gasteiger partial charge in [0.1, 0.15) is 5.82 Å². The molecule has 0 aliphatic heterocycles. The molecule has 172 valence electrons. The highest BCUT2D eigenvalue weighted by atomic mass is 35.5. The third kappa shape index (κ3) is 6.39. The number of nitrogens with one attached hydrogen (secondary N) is 1. The lowest BCUT2D eigenvalue weighted by Gasteiger charge is -2.22. The summed E-state index contributed by atoms with van der Waals surface area (Å²) < 4.78 is 41.6. The minimum atomic E-state index is -4.11. The maximum atomic E-state index is 14.2. The largest absolute Gasteiger partial charge is 0.272 e. The lowest BCUT2D eigenvalue weighted by Crippen LogP contribution is -2.39. The van der Waals surface area contributed by atoms with Gasteiger partial charge in [0.2, 0.25) is 10.0 Å². The van der Waals surface area contributed by atoms with Crippen LogP contribution in [0.1, 0.15) is 16.7 Å². The number of carbonyl (C=O) groups is 1. The van der Waals surface area contributed by atoms with E-state index in [4.69, 9.17) is 23.2 Å². The molecule has 0 aliphatic carbocycles. The molecular formula is C23H20Cl2FN3O3S. The fraction of sp³-hybridized carbons (Fsp3) is 0.130. The second-order valence-corrected chi connectivity index (χ2v) is 9.86. The van der Waals surface area contributed by atoms with Crippen LogP contribution < -0.4 is 5.43 Å². The van der Waals surface area contributed by atoms with Crippen molar-refractivity contribution < 1.29 is 17.6 Å². The highest BCUT2D eigenvalue weighted by Crippen LogP contribution is 2.22. The number of hydrogen-bond donors (Lipinski definition) is 1. The van der Waals surface area contributed by atoms with Crippen LogP contribution >= 0.6 is 23.2 Å². The predicted molar refractivity (Wildman–Crippen MR) is 127 cm³/mol. The molecule has 3 rings (SSSR count). The number of hydrogen-bond acceptors (Lipinski definition) is 4. The third-order valence-electron chi connectivity index (χ3n) is 4.67. The van der Waals surface area contributed by atoms with Gasteiger partial charge in [-0.2, -0.15) is 9.41 Å². The zero-order valence-corrected chi connectivity index (χ0v) is 19.8. The summed E-state index contributed by atoms with van der Waals surface area (Å²) in [6, 6.07) is 16.8. The molecule has 0 atom stereocenters. The quantitative estimate of drug-likeness (QED) is 0.351. The van der Waals surface area contributed by atoms with E-state index in [1.807, 2.05) is 6.92 Å². The van der Waals surface area contributed by atoms with Crippen molar-refractivity contribution in [2.45, 2.75) is 18.4 Å². The van der Waals surface area contributed by atoms with Crippen molar-refractivity contribution in [3.8, 4) is 0 Å². The molecule has 0 heterocycles. The molecule has 1 amide bonds. The average molecular weight is 508 g/mol. The summed E-state index contributed by atoms with van der Waals surface area (Å²) in [7, 11) is -4.11. The van der Waals surface area contributed by atoms with Crippen molar-refractivity contribution in [1.82, 2.24) is 9.73 Å². The van der Waals surface area contributed by atoms with E-state index in [-0.39, 0.29) is 17.0 Å². The number of nitrogens with zero attached hydrogens (tertiary/aromatic N) is 2. The van der Waals surface area contributed by atoms with Crippen molar-refractivity contribution in [3.63, 3.8) is 0 Å². The lowest BCUT2D eigenvalue weighted by atomic mass is 10.2. The maximum Gasteiger partial charge on any atom is 0.255 e. The van der Waals surface area contributed by atoms with Crippen LogP contribution in [0.4, 0.5) is 4.39 Å². The summed E-state index contributed by atoms with van der Waals surface area (Å²) in [4.78, 5) is 12.5. The molecule has 10 heteroatoms. The Kier molecular flexibility index (Phi) is 8.20. The van der Waals surface area contributed by atoms with E-state index in [2.05, 4.69) is 10.5 Å². The summed E-state index contributed by atoms with van der Waals surface area (Å²) in [6.45, 7) is 0.901. The Morgan fingerprint density at radius 2 is 1.67 bits per heavy atom. The van der Waals surface area contributed by atoms with E-state index in [0.29, 0.717) is 15.6 Å². The number of amides is 1. The summed E-state index contributed by atoms with van der Waals surface area (Å²) in [5.41, 5.74) is 3.67. The number of hydrazone groups is 1. The monoisotopic (exact) mass is 507 g/mol. The Morgan fingerprint density at radius 3 is 2.30 bits per heavy atom. The van der Waals surface area contributed by atoms with Gasteiger partial charge in [-0.1, -0.05) is 65.2 Å². The van der Waals surface area contributed by atoms with E-state index in [1.54, 1.807) is 36.4 Å². The SMILES string of the molecule is Cc1ccc(S(=O)(=O)N(CC(=O)N/N=C\c2c(Cl)cccc2Cl)Cc2ccccc2F)cc1. The summed E-state index contributed by atoms with van der Waals surface area (Å²) in [6.07, 6.45) is 1.26. The normalized spacial score (nSPS) is 11.8. The van der Waals surface area contributed by atoms with E-state index in [1.165, 1.54) is 36.5 Å². The molecule has 3 aromatic carbocycles. The van der Waals surface area contributed by atoms with Crippen LogP contribution in [0.5, 0.6) is 0 Å². The lowest BCUT2D eigenvalue weighted by molar-refractivity contribution is -0.121. The molecule has 33 heavy (non-hydrogen) atoms. The Hall–Kier alpha value is -2.78. The zero-order valence-electron chi connectivity index (χ0n) is 17.5. The van der Waals surface area contributed by atoms with Gasteiger partial charge in [-0.3, -0.25) is 4.79 Å². The smallest absolute Gasteiger partial charge is 0.255 e. The van der Waals surface area contributed by atoms with Crippen molar-refractivity contribution in [3.05, 3.63) is 99.3 Å². The molecule has 0 aromatic heterocycles. The van der Waals surface area contributed by atoms with Crippen LogP contribution in [0.25, 0.3) is 0 Å². The van der Waals surface area contributed by atoms with Crippen LogP contribution in [0.15, 0.2) is 76.7 Å². The second kappa shape index (κ2) is 10.9. The first-order valence-corrected chi connectivity index (χ1v) is 11.9. The average Bonchev–Trinajstić information content (AvgIpc) is 2.77. The highest BCUT2D eigenvalue weighted by molar-refractivity contribution is 7.89. The van der Waals surface area contributed by atoms with Gasteiger partial charge < -0.3 is 0 Å². The molecule has 0 spiro atoms. The Bertz CT molecular complexity index is 1260. The highest BCUT2D eigenvalue weighted by Gasteiger charge is 2.27. The van der Waals surface area contributed by atoms with Gasteiger partial charge in [-0.05, 0) is 37.3 Å². The standard InChI is InChI=1S/C23H20Cl2FN3O3S/c1-16-9-11-18(12-10-16)33(31,32)29(14-17-5-2-3-8-22(17)26)15-23(30)28-27-13-19-20(24)6-4-7-21(19)25/h2-13H,14-15H2,1H3,(H,28,30)/b27-13-. The number of benzene rings is 3. The van der Waals surface area contributed by atoms with Crippen molar-refractivity contribution in [2.75, 3.05) is 6.54 Å². The van der Waals surface area contributed by atoms with E-state index in [9.17, 15) is 17.6 Å². The number of aryl methyl sites for hydroxylation is 1. The van der Waals surface area contributed by atoms with Crippen LogP contribution in [0, 0.1) is 12.7 Å². The van der Waals surface area contributed by atoms with Gasteiger partial charge in [0, 0.05) is 17.7 Å².